The lowest BCUT2D eigenvalue weighted by molar-refractivity contribution is -0.121. The highest BCUT2D eigenvalue weighted by Crippen LogP contribution is 2.28. The molecule has 3 rings (SSSR count). The number of sulfonamides is 1. The van der Waals surface area contributed by atoms with Crippen LogP contribution in [-0.2, 0) is 19.6 Å². The van der Waals surface area contributed by atoms with Gasteiger partial charge < -0.3 is 10.6 Å². The van der Waals surface area contributed by atoms with E-state index >= 15 is 0 Å². The third kappa shape index (κ3) is 6.77. The zero-order valence-corrected chi connectivity index (χ0v) is 19.3. The SMILES string of the molecule is CC(C)S(=O)(=O)NC1CCC(C(=O)Nc2cccc(NC(=O)C3CCCCC3)c2)CC1. The summed E-state index contributed by atoms with van der Waals surface area (Å²) in [7, 11) is -3.29. The number of amides is 2. The van der Waals surface area contributed by atoms with Crippen LogP contribution in [0, 0.1) is 11.8 Å². The Morgan fingerprint density at radius 3 is 1.87 bits per heavy atom. The Morgan fingerprint density at radius 1 is 0.839 bits per heavy atom. The van der Waals surface area contributed by atoms with Gasteiger partial charge in [0.05, 0.1) is 5.25 Å². The first-order valence-electron chi connectivity index (χ1n) is 11.5. The van der Waals surface area contributed by atoms with Crippen molar-refractivity contribution < 1.29 is 18.0 Å². The van der Waals surface area contributed by atoms with Crippen molar-refractivity contribution in [3.8, 4) is 0 Å². The van der Waals surface area contributed by atoms with Crippen LogP contribution in [-0.4, -0.2) is 31.5 Å². The molecule has 0 radical (unpaired) electrons. The lowest BCUT2D eigenvalue weighted by Crippen LogP contribution is -2.42. The van der Waals surface area contributed by atoms with Crippen LogP contribution in [0.3, 0.4) is 0 Å². The fourth-order valence-corrected chi connectivity index (χ4v) is 5.34. The van der Waals surface area contributed by atoms with E-state index in [0.29, 0.717) is 37.1 Å². The van der Waals surface area contributed by atoms with E-state index < -0.39 is 15.3 Å². The molecule has 0 atom stereocenters. The normalized spacial score (nSPS) is 22.8. The zero-order chi connectivity index (χ0) is 22.4. The minimum Gasteiger partial charge on any atom is -0.326 e. The molecule has 2 aliphatic rings. The van der Waals surface area contributed by atoms with Gasteiger partial charge in [0.1, 0.15) is 0 Å². The molecule has 2 saturated carbocycles. The molecule has 31 heavy (non-hydrogen) atoms. The molecule has 1 aromatic rings. The molecular weight excluding hydrogens is 414 g/mol. The van der Waals surface area contributed by atoms with Crippen molar-refractivity contribution in [2.75, 3.05) is 10.6 Å². The van der Waals surface area contributed by atoms with E-state index in [-0.39, 0.29) is 29.7 Å². The predicted molar refractivity (Wildman–Crippen MR) is 123 cm³/mol. The third-order valence-corrected chi connectivity index (χ3v) is 8.33. The van der Waals surface area contributed by atoms with Crippen LogP contribution >= 0.6 is 0 Å². The van der Waals surface area contributed by atoms with E-state index in [1.807, 2.05) is 18.2 Å². The number of carbonyl (C=O) groups is 2. The summed E-state index contributed by atoms with van der Waals surface area (Å²) < 4.78 is 26.8. The van der Waals surface area contributed by atoms with Gasteiger partial charge >= 0.3 is 0 Å². The maximum Gasteiger partial charge on any atom is 0.227 e. The number of anilines is 2. The van der Waals surface area contributed by atoms with Gasteiger partial charge in [-0.3, -0.25) is 9.59 Å². The predicted octanol–water partition coefficient (Wildman–Crippen LogP) is 4.03. The van der Waals surface area contributed by atoms with E-state index in [1.54, 1.807) is 19.9 Å². The molecule has 0 aromatic heterocycles. The minimum atomic E-state index is -3.29. The molecular formula is C23H35N3O4S. The van der Waals surface area contributed by atoms with Gasteiger partial charge in [-0.2, -0.15) is 0 Å². The third-order valence-electron chi connectivity index (χ3n) is 6.42. The van der Waals surface area contributed by atoms with Gasteiger partial charge in [-0.15, -0.1) is 0 Å². The maximum absolute atomic E-state index is 12.7. The van der Waals surface area contributed by atoms with Crippen LogP contribution in [0.4, 0.5) is 11.4 Å². The number of nitrogens with one attached hydrogen (secondary N) is 3. The standard InChI is InChI=1S/C23H35N3O4S/c1-16(2)31(29,30)26-19-13-11-18(12-14-19)23(28)25-21-10-6-9-20(15-21)24-22(27)17-7-4-3-5-8-17/h6,9-10,15-19,26H,3-5,7-8,11-14H2,1-2H3,(H,24,27)(H,25,28). The van der Waals surface area contributed by atoms with Gasteiger partial charge in [0.15, 0.2) is 0 Å². The Balaban J connectivity index is 1.49. The first-order valence-corrected chi connectivity index (χ1v) is 13.0. The maximum atomic E-state index is 12.7. The summed E-state index contributed by atoms with van der Waals surface area (Å²) >= 11 is 0. The second kappa shape index (κ2) is 10.6. The second-order valence-electron chi connectivity index (χ2n) is 9.15. The zero-order valence-electron chi connectivity index (χ0n) is 18.5. The smallest absolute Gasteiger partial charge is 0.227 e. The summed E-state index contributed by atoms with van der Waals surface area (Å²) in [4.78, 5) is 25.2. The first kappa shape index (κ1) is 23.7. The lowest BCUT2D eigenvalue weighted by atomic mass is 9.86. The fourth-order valence-electron chi connectivity index (χ4n) is 4.37. The van der Waals surface area contributed by atoms with E-state index in [1.165, 1.54) is 6.42 Å². The quantitative estimate of drug-likeness (QED) is 0.584. The van der Waals surface area contributed by atoms with Gasteiger partial charge in [-0.1, -0.05) is 25.3 Å². The minimum absolute atomic E-state index is 0.0547. The van der Waals surface area contributed by atoms with Gasteiger partial charge in [0.25, 0.3) is 0 Å². The van der Waals surface area contributed by atoms with Gasteiger partial charge in [-0.05, 0) is 70.6 Å². The molecule has 0 unspecified atom stereocenters. The molecule has 2 aliphatic carbocycles. The average molecular weight is 450 g/mol. The van der Waals surface area contributed by atoms with Crippen molar-refractivity contribution in [3.05, 3.63) is 24.3 Å². The largest absolute Gasteiger partial charge is 0.326 e. The monoisotopic (exact) mass is 449 g/mol. The van der Waals surface area contributed by atoms with Crippen molar-refractivity contribution in [1.82, 2.24) is 4.72 Å². The highest BCUT2D eigenvalue weighted by Gasteiger charge is 2.29. The van der Waals surface area contributed by atoms with Crippen LogP contribution in [0.5, 0.6) is 0 Å². The molecule has 0 saturated heterocycles. The summed E-state index contributed by atoms with van der Waals surface area (Å²) in [6.07, 6.45) is 7.91. The Kier molecular flexibility index (Phi) is 8.11. The average Bonchev–Trinajstić information content (AvgIpc) is 2.74. The molecule has 1 aromatic carbocycles. The Bertz CT molecular complexity index is 871. The molecule has 8 heteroatoms. The number of hydrogen-bond acceptors (Lipinski definition) is 4. The van der Waals surface area contributed by atoms with Crippen molar-refractivity contribution in [3.63, 3.8) is 0 Å². The van der Waals surface area contributed by atoms with Crippen LogP contribution in [0.15, 0.2) is 24.3 Å². The Morgan fingerprint density at radius 2 is 1.35 bits per heavy atom. The molecule has 0 bridgehead atoms. The van der Waals surface area contributed by atoms with Crippen LogP contribution in [0.25, 0.3) is 0 Å². The van der Waals surface area contributed by atoms with Crippen molar-refractivity contribution in [2.24, 2.45) is 11.8 Å². The summed E-state index contributed by atoms with van der Waals surface area (Å²) in [5, 5.41) is 5.48. The van der Waals surface area contributed by atoms with Gasteiger partial charge in [-0.25, -0.2) is 13.1 Å². The topological polar surface area (TPSA) is 104 Å². The van der Waals surface area contributed by atoms with Gasteiger partial charge in [0, 0.05) is 29.3 Å². The second-order valence-corrected chi connectivity index (χ2v) is 11.4. The Hall–Kier alpha value is -1.93. The summed E-state index contributed by atoms with van der Waals surface area (Å²) in [6, 6.07) is 7.17. The molecule has 3 N–H and O–H groups in total. The summed E-state index contributed by atoms with van der Waals surface area (Å²) in [5.74, 6) is -0.0538. The number of carbonyl (C=O) groups excluding carboxylic acids is 2. The Labute approximate surface area is 185 Å². The molecule has 0 spiro atoms. The molecule has 2 fully saturated rings. The van der Waals surface area contributed by atoms with Crippen molar-refractivity contribution >= 4 is 33.2 Å². The number of benzene rings is 1. The van der Waals surface area contributed by atoms with E-state index in [9.17, 15) is 18.0 Å². The lowest BCUT2D eigenvalue weighted by Gasteiger charge is -2.28. The molecule has 0 aliphatic heterocycles. The molecule has 0 heterocycles. The van der Waals surface area contributed by atoms with Crippen LogP contribution < -0.4 is 15.4 Å². The van der Waals surface area contributed by atoms with E-state index in [2.05, 4.69) is 15.4 Å². The van der Waals surface area contributed by atoms with Crippen molar-refractivity contribution in [1.29, 1.82) is 0 Å². The summed E-state index contributed by atoms with van der Waals surface area (Å²) in [6.45, 7) is 3.32. The first-order chi connectivity index (χ1) is 14.7. The fraction of sp³-hybridized carbons (Fsp3) is 0.652. The van der Waals surface area contributed by atoms with Crippen LogP contribution in [0.2, 0.25) is 0 Å². The van der Waals surface area contributed by atoms with Crippen LogP contribution in [0.1, 0.15) is 71.6 Å². The highest BCUT2D eigenvalue weighted by atomic mass is 32.2. The highest BCUT2D eigenvalue weighted by molar-refractivity contribution is 7.90. The molecule has 7 nitrogen and oxygen atoms in total. The number of hydrogen-bond donors (Lipinski definition) is 3. The summed E-state index contributed by atoms with van der Waals surface area (Å²) in [5.41, 5.74) is 1.36. The number of rotatable bonds is 7. The molecule has 172 valence electrons. The van der Waals surface area contributed by atoms with Crippen molar-refractivity contribution in [2.45, 2.75) is 82.9 Å². The van der Waals surface area contributed by atoms with E-state index in [0.717, 1.165) is 25.7 Å². The molecule has 2 amide bonds. The van der Waals surface area contributed by atoms with E-state index in [4.69, 9.17) is 0 Å². The van der Waals surface area contributed by atoms with Gasteiger partial charge in [0.2, 0.25) is 21.8 Å².